The highest BCUT2D eigenvalue weighted by Gasteiger charge is 2.23. The van der Waals surface area contributed by atoms with Crippen molar-refractivity contribution in [2.24, 2.45) is 0 Å². The molecule has 0 unspecified atom stereocenters. The lowest BCUT2D eigenvalue weighted by Gasteiger charge is -2.29. The number of hydrogen-bond acceptors (Lipinski definition) is 4. The van der Waals surface area contributed by atoms with Gasteiger partial charge in [0.05, 0.1) is 25.1 Å². The van der Waals surface area contributed by atoms with Gasteiger partial charge >= 0.3 is 0 Å². The van der Waals surface area contributed by atoms with E-state index in [-0.39, 0.29) is 0 Å². The average molecular weight is 283 g/mol. The Balaban J connectivity index is 1.82. The molecule has 0 amide bonds. The summed E-state index contributed by atoms with van der Waals surface area (Å²) in [5.74, 6) is 1.10. The van der Waals surface area contributed by atoms with Gasteiger partial charge in [0.25, 0.3) is 0 Å². The Morgan fingerprint density at radius 1 is 1.24 bits per heavy atom. The van der Waals surface area contributed by atoms with Gasteiger partial charge in [-0.25, -0.2) is 4.98 Å². The van der Waals surface area contributed by atoms with Crippen LogP contribution in [0.1, 0.15) is 18.4 Å². The van der Waals surface area contributed by atoms with Crippen LogP contribution in [0.3, 0.4) is 0 Å². The molecule has 0 radical (unpaired) electrons. The first-order chi connectivity index (χ1) is 10.3. The number of aromatic nitrogens is 1. The highest BCUT2D eigenvalue weighted by Crippen LogP contribution is 2.35. The van der Waals surface area contributed by atoms with Gasteiger partial charge in [-0.1, -0.05) is 18.2 Å². The van der Waals surface area contributed by atoms with Crippen molar-refractivity contribution < 1.29 is 4.74 Å². The molecule has 2 aliphatic rings. The van der Waals surface area contributed by atoms with Crippen LogP contribution in [0.5, 0.6) is 0 Å². The van der Waals surface area contributed by atoms with E-state index in [0.29, 0.717) is 6.04 Å². The first-order valence-electron chi connectivity index (χ1n) is 7.80. The Hall–Kier alpha value is -1.81. The van der Waals surface area contributed by atoms with Gasteiger partial charge in [0.1, 0.15) is 5.82 Å². The smallest absolute Gasteiger partial charge is 0.136 e. The Bertz CT molecular complexity index is 660. The number of nitrogens with one attached hydrogen (secondary N) is 1. The number of hydrogen-bond donors (Lipinski definition) is 1. The minimum atomic E-state index is 0.642. The second-order valence-corrected chi connectivity index (χ2v) is 6.01. The number of rotatable bonds is 3. The van der Waals surface area contributed by atoms with E-state index in [9.17, 15) is 0 Å². The van der Waals surface area contributed by atoms with Gasteiger partial charge in [0.2, 0.25) is 0 Å². The third-order valence-electron chi connectivity index (χ3n) is 4.35. The predicted octanol–water partition coefficient (Wildman–Crippen LogP) is 2.95. The fraction of sp³-hybridized carbons (Fsp3) is 0.471. The van der Waals surface area contributed by atoms with Crippen LogP contribution in [0.15, 0.2) is 24.4 Å². The lowest BCUT2D eigenvalue weighted by molar-refractivity contribution is 0.122. The number of fused-ring (bicyclic) bond motifs is 1. The first kappa shape index (κ1) is 12.9. The second kappa shape index (κ2) is 5.19. The molecular weight excluding hydrogens is 262 g/mol. The summed E-state index contributed by atoms with van der Waals surface area (Å²) in [6.07, 6.45) is 4.57. The van der Waals surface area contributed by atoms with E-state index in [0.717, 1.165) is 32.1 Å². The SMILES string of the molecule is Cc1cccc2c(N3CCOCC3)ncc(NC3CC3)c12. The highest BCUT2D eigenvalue weighted by atomic mass is 16.5. The van der Waals surface area contributed by atoms with Crippen LogP contribution in [-0.2, 0) is 4.74 Å². The molecule has 21 heavy (non-hydrogen) atoms. The normalized spacial score (nSPS) is 19.0. The lowest BCUT2D eigenvalue weighted by Crippen LogP contribution is -2.36. The number of aryl methyl sites for hydroxylation is 1. The molecule has 1 aliphatic heterocycles. The van der Waals surface area contributed by atoms with Crippen LogP contribution < -0.4 is 10.2 Å². The second-order valence-electron chi connectivity index (χ2n) is 6.01. The average Bonchev–Trinajstić information content (AvgIpc) is 3.32. The number of nitrogens with zero attached hydrogens (tertiary/aromatic N) is 2. The molecule has 1 aromatic heterocycles. The summed E-state index contributed by atoms with van der Waals surface area (Å²) in [4.78, 5) is 7.10. The molecule has 0 spiro atoms. The first-order valence-corrected chi connectivity index (χ1v) is 7.80. The number of morpholine rings is 1. The van der Waals surface area contributed by atoms with Crippen molar-refractivity contribution in [3.8, 4) is 0 Å². The van der Waals surface area contributed by atoms with E-state index < -0.39 is 0 Å². The molecule has 0 atom stereocenters. The lowest BCUT2D eigenvalue weighted by atomic mass is 10.0. The standard InChI is InChI=1S/C17H21N3O/c1-12-3-2-4-14-16(12)15(19-13-5-6-13)11-18-17(14)20-7-9-21-10-8-20/h2-4,11,13,19H,5-10H2,1H3. The summed E-state index contributed by atoms with van der Waals surface area (Å²) in [7, 11) is 0. The van der Waals surface area contributed by atoms with Crippen LogP contribution in [0.4, 0.5) is 11.5 Å². The Morgan fingerprint density at radius 3 is 2.81 bits per heavy atom. The third-order valence-corrected chi connectivity index (χ3v) is 4.35. The van der Waals surface area contributed by atoms with Gasteiger partial charge in [0.15, 0.2) is 0 Å². The van der Waals surface area contributed by atoms with Crippen molar-refractivity contribution in [3.63, 3.8) is 0 Å². The van der Waals surface area contributed by atoms with E-state index in [1.165, 1.54) is 34.9 Å². The molecule has 0 bridgehead atoms. The van der Waals surface area contributed by atoms with E-state index in [4.69, 9.17) is 9.72 Å². The zero-order chi connectivity index (χ0) is 14.2. The fourth-order valence-corrected chi connectivity index (χ4v) is 3.06. The molecule has 2 aromatic rings. The predicted molar refractivity (Wildman–Crippen MR) is 86.2 cm³/mol. The molecule has 110 valence electrons. The third kappa shape index (κ3) is 2.44. The molecular formula is C17H21N3O. The Labute approximate surface area is 125 Å². The molecule has 4 rings (SSSR count). The van der Waals surface area contributed by atoms with Gasteiger partial charge in [-0.05, 0) is 25.3 Å². The molecule has 1 saturated heterocycles. The molecule has 4 nitrogen and oxygen atoms in total. The van der Waals surface area contributed by atoms with Crippen LogP contribution in [0.2, 0.25) is 0 Å². The molecule has 2 fully saturated rings. The van der Waals surface area contributed by atoms with E-state index in [1.807, 2.05) is 6.20 Å². The summed E-state index contributed by atoms with van der Waals surface area (Å²) < 4.78 is 5.46. The summed E-state index contributed by atoms with van der Waals surface area (Å²) in [5, 5.41) is 6.20. The van der Waals surface area contributed by atoms with Crippen LogP contribution >= 0.6 is 0 Å². The van der Waals surface area contributed by atoms with Gasteiger partial charge in [0, 0.05) is 29.9 Å². The molecule has 4 heteroatoms. The van der Waals surface area contributed by atoms with Crippen molar-refractivity contribution in [1.82, 2.24) is 4.98 Å². The van der Waals surface area contributed by atoms with Crippen LogP contribution in [0.25, 0.3) is 10.8 Å². The molecule has 1 N–H and O–H groups in total. The number of benzene rings is 1. The molecule has 2 heterocycles. The largest absolute Gasteiger partial charge is 0.381 e. The van der Waals surface area contributed by atoms with Crippen molar-refractivity contribution in [1.29, 1.82) is 0 Å². The Kier molecular flexibility index (Phi) is 3.19. The summed E-state index contributed by atoms with van der Waals surface area (Å²) in [6, 6.07) is 7.15. The van der Waals surface area contributed by atoms with E-state index in [2.05, 4.69) is 35.3 Å². The van der Waals surface area contributed by atoms with Gasteiger partial charge in [-0.3, -0.25) is 0 Å². The van der Waals surface area contributed by atoms with E-state index >= 15 is 0 Å². The van der Waals surface area contributed by atoms with Gasteiger partial charge < -0.3 is 15.0 Å². The van der Waals surface area contributed by atoms with Crippen molar-refractivity contribution in [3.05, 3.63) is 30.0 Å². The van der Waals surface area contributed by atoms with Crippen molar-refractivity contribution >= 4 is 22.3 Å². The van der Waals surface area contributed by atoms with Gasteiger partial charge in [-0.15, -0.1) is 0 Å². The van der Waals surface area contributed by atoms with Gasteiger partial charge in [-0.2, -0.15) is 0 Å². The van der Waals surface area contributed by atoms with Crippen LogP contribution in [-0.4, -0.2) is 37.3 Å². The minimum absolute atomic E-state index is 0.642. The topological polar surface area (TPSA) is 37.4 Å². The summed E-state index contributed by atoms with van der Waals surface area (Å²) in [5.41, 5.74) is 2.50. The fourth-order valence-electron chi connectivity index (χ4n) is 3.06. The zero-order valence-electron chi connectivity index (χ0n) is 12.4. The maximum atomic E-state index is 5.46. The van der Waals surface area contributed by atoms with E-state index in [1.54, 1.807) is 0 Å². The quantitative estimate of drug-likeness (QED) is 0.939. The summed E-state index contributed by atoms with van der Waals surface area (Å²) >= 11 is 0. The zero-order valence-corrected chi connectivity index (χ0v) is 12.4. The maximum Gasteiger partial charge on any atom is 0.136 e. The van der Waals surface area contributed by atoms with Crippen molar-refractivity contribution in [2.75, 3.05) is 36.5 Å². The van der Waals surface area contributed by atoms with Crippen molar-refractivity contribution in [2.45, 2.75) is 25.8 Å². The van der Waals surface area contributed by atoms with Crippen LogP contribution in [0, 0.1) is 6.92 Å². The number of pyridine rings is 1. The number of anilines is 2. The summed E-state index contributed by atoms with van der Waals surface area (Å²) in [6.45, 7) is 5.61. The molecule has 1 aromatic carbocycles. The highest BCUT2D eigenvalue weighted by molar-refractivity contribution is 6.02. The Morgan fingerprint density at radius 2 is 2.05 bits per heavy atom. The maximum absolute atomic E-state index is 5.46. The molecule has 1 aliphatic carbocycles. The molecule has 1 saturated carbocycles. The minimum Gasteiger partial charge on any atom is -0.381 e. The number of ether oxygens (including phenoxy) is 1. The monoisotopic (exact) mass is 283 g/mol.